The van der Waals surface area contributed by atoms with Crippen LogP contribution in [0.3, 0.4) is 0 Å². The highest BCUT2D eigenvalue weighted by Gasteiger charge is 2.16. The van der Waals surface area contributed by atoms with Gasteiger partial charge in [-0.3, -0.25) is 0 Å². The Balaban J connectivity index is 2.21. The van der Waals surface area contributed by atoms with Crippen molar-refractivity contribution < 1.29 is 0 Å². The number of nitrogens with one attached hydrogen (secondary N) is 1. The summed E-state index contributed by atoms with van der Waals surface area (Å²) in [5.41, 5.74) is 4.14. The second-order valence-corrected chi connectivity index (χ2v) is 4.59. The summed E-state index contributed by atoms with van der Waals surface area (Å²) in [6.45, 7) is 9.93. The van der Waals surface area contributed by atoms with E-state index in [1.807, 2.05) is 0 Å². The van der Waals surface area contributed by atoms with Gasteiger partial charge in [-0.15, -0.1) is 0 Å². The zero-order valence-corrected chi connectivity index (χ0v) is 9.88. The largest absolute Gasteiger partial charge is 0.368 e. The average Bonchev–Trinajstić information content (AvgIpc) is 2.17. The summed E-state index contributed by atoms with van der Waals surface area (Å²) in [5, 5.41) is 3.47. The van der Waals surface area contributed by atoms with Gasteiger partial charge in [-0.25, -0.2) is 0 Å². The van der Waals surface area contributed by atoms with Gasteiger partial charge in [-0.2, -0.15) is 0 Å². The molecule has 0 bridgehead atoms. The number of nitrogens with zero attached hydrogens (tertiary/aromatic N) is 1. The number of aryl methyl sites for hydroxylation is 2. The van der Waals surface area contributed by atoms with Crippen molar-refractivity contribution in [3.63, 3.8) is 0 Å². The zero-order valence-electron chi connectivity index (χ0n) is 9.88. The van der Waals surface area contributed by atoms with Gasteiger partial charge in [0.2, 0.25) is 0 Å². The van der Waals surface area contributed by atoms with Crippen LogP contribution in [0, 0.1) is 13.8 Å². The molecule has 2 heteroatoms. The minimum Gasteiger partial charge on any atom is -0.368 e. The van der Waals surface area contributed by atoms with Crippen LogP contribution in [0.5, 0.6) is 0 Å². The van der Waals surface area contributed by atoms with Gasteiger partial charge in [0.05, 0.1) is 0 Å². The SMILES string of the molecule is Cc1ccc(N2CCN[C@@H](C)C2)c(C)c1. The molecular formula is C13H20N2. The Bertz CT molecular complexity index is 346. The van der Waals surface area contributed by atoms with Crippen LogP contribution in [-0.4, -0.2) is 25.7 Å². The highest BCUT2D eigenvalue weighted by Crippen LogP contribution is 2.22. The molecule has 1 aromatic carbocycles. The van der Waals surface area contributed by atoms with Gasteiger partial charge in [-0.1, -0.05) is 17.7 Å². The summed E-state index contributed by atoms with van der Waals surface area (Å²) in [6, 6.07) is 7.32. The van der Waals surface area contributed by atoms with Crippen LogP contribution >= 0.6 is 0 Å². The number of hydrogen-bond donors (Lipinski definition) is 1. The molecule has 0 aliphatic carbocycles. The summed E-state index contributed by atoms with van der Waals surface area (Å²) >= 11 is 0. The highest BCUT2D eigenvalue weighted by atomic mass is 15.2. The summed E-state index contributed by atoms with van der Waals surface area (Å²) in [5.74, 6) is 0. The number of benzene rings is 1. The summed E-state index contributed by atoms with van der Waals surface area (Å²) in [7, 11) is 0. The molecule has 1 saturated heterocycles. The van der Waals surface area contributed by atoms with Crippen molar-refractivity contribution >= 4 is 5.69 Å². The van der Waals surface area contributed by atoms with E-state index in [4.69, 9.17) is 0 Å². The van der Waals surface area contributed by atoms with Gasteiger partial charge in [0.1, 0.15) is 0 Å². The summed E-state index contributed by atoms with van der Waals surface area (Å²) in [4.78, 5) is 2.48. The Kier molecular flexibility index (Phi) is 2.96. The van der Waals surface area contributed by atoms with E-state index in [0.29, 0.717) is 6.04 Å². The van der Waals surface area contributed by atoms with Gasteiger partial charge < -0.3 is 10.2 Å². The lowest BCUT2D eigenvalue weighted by molar-refractivity contribution is 0.484. The fourth-order valence-electron chi connectivity index (χ4n) is 2.31. The molecule has 2 rings (SSSR count). The molecule has 1 aliphatic rings. The Morgan fingerprint density at radius 1 is 1.33 bits per heavy atom. The fraction of sp³-hybridized carbons (Fsp3) is 0.538. The molecule has 2 nitrogen and oxygen atoms in total. The van der Waals surface area contributed by atoms with Gasteiger partial charge in [0, 0.05) is 31.4 Å². The van der Waals surface area contributed by atoms with Crippen molar-refractivity contribution in [3.05, 3.63) is 29.3 Å². The molecule has 1 aromatic rings. The van der Waals surface area contributed by atoms with Crippen LogP contribution in [-0.2, 0) is 0 Å². The van der Waals surface area contributed by atoms with Crippen molar-refractivity contribution in [2.45, 2.75) is 26.8 Å². The molecule has 0 unspecified atom stereocenters. The molecule has 0 radical (unpaired) electrons. The van der Waals surface area contributed by atoms with Gasteiger partial charge >= 0.3 is 0 Å². The smallest absolute Gasteiger partial charge is 0.0397 e. The normalized spacial score (nSPS) is 21.8. The Hall–Kier alpha value is -1.02. The number of piperazine rings is 1. The molecule has 1 fully saturated rings. The topological polar surface area (TPSA) is 15.3 Å². The average molecular weight is 204 g/mol. The van der Waals surface area contributed by atoms with Crippen molar-refractivity contribution in [2.24, 2.45) is 0 Å². The third kappa shape index (κ3) is 2.32. The van der Waals surface area contributed by atoms with Crippen molar-refractivity contribution in [3.8, 4) is 0 Å². The molecule has 1 aliphatic heterocycles. The van der Waals surface area contributed by atoms with E-state index < -0.39 is 0 Å². The van der Waals surface area contributed by atoms with Crippen molar-refractivity contribution in [1.82, 2.24) is 5.32 Å². The Labute approximate surface area is 92.3 Å². The molecule has 1 N–H and O–H groups in total. The highest BCUT2D eigenvalue weighted by molar-refractivity contribution is 5.54. The first-order valence-electron chi connectivity index (χ1n) is 5.72. The van der Waals surface area contributed by atoms with E-state index in [2.05, 4.69) is 49.2 Å². The van der Waals surface area contributed by atoms with Gasteiger partial charge in [-0.05, 0) is 32.4 Å². The van der Waals surface area contributed by atoms with E-state index in [1.54, 1.807) is 0 Å². The molecule has 0 aromatic heterocycles. The fourth-order valence-corrected chi connectivity index (χ4v) is 2.31. The lowest BCUT2D eigenvalue weighted by atomic mass is 10.1. The van der Waals surface area contributed by atoms with Crippen molar-refractivity contribution in [1.29, 1.82) is 0 Å². The van der Waals surface area contributed by atoms with Gasteiger partial charge in [0.25, 0.3) is 0 Å². The molecule has 0 spiro atoms. The quantitative estimate of drug-likeness (QED) is 0.753. The maximum absolute atomic E-state index is 3.47. The maximum atomic E-state index is 3.47. The van der Waals surface area contributed by atoms with Crippen LogP contribution in [0.25, 0.3) is 0 Å². The second kappa shape index (κ2) is 4.23. The zero-order chi connectivity index (χ0) is 10.8. The molecule has 82 valence electrons. The van der Waals surface area contributed by atoms with E-state index in [0.717, 1.165) is 19.6 Å². The Morgan fingerprint density at radius 2 is 2.13 bits per heavy atom. The minimum absolute atomic E-state index is 0.597. The number of anilines is 1. The lowest BCUT2D eigenvalue weighted by Crippen LogP contribution is -2.49. The molecule has 0 saturated carbocycles. The second-order valence-electron chi connectivity index (χ2n) is 4.59. The molecule has 15 heavy (non-hydrogen) atoms. The molecular weight excluding hydrogens is 184 g/mol. The van der Waals surface area contributed by atoms with Crippen LogP contribution in [0.2, 0.25) is 0 Å². The van der Waals surface area contributed by atoms with Crippen LogP contribution < -0.4 is 10.2 Å². The third-order valence-corrected chi connectivity index (χ3v) is 3.06. The van der Waals surface area contributed by atoms with E-state index in [1.165, 1.54) is 16.8 Å². The number of rotatable bonds is 1. The predicted octanol–water partition coefficient (Wildman–Crippen LogP) is 2.10. The third-order valence-electron chi connectivity index (χ3n) is 3.06. The van der Waals surface area contributed by atoms with Crippen molar-refractivity contribution in [2.75, 3.05) is 24.5 Å². The first-order chi connectivity index (χ1) is 7.16. The molecule has 1 atom stereocenters. The van der Waals surface area contributed by atoms with Crippen LogP contribution in [0.4, 0.5) is 5.69 Å². The van der Waals surface area contributed by atoms with E-state index >= 15 is 0 Å². The summed E-state index contributed by atoms with van der Waals surface area (Å²) < 4.78 is 0. The van der Waals surface area contributed by atoms with E-state index in [9.17, 15) is 0 Å². The molecule has 0 amide bonds. The maximum Gasteiger partial charge on any atom is 0.0397 e. The standard InChI is InChI=1S/C13H20N2/c1-10-4-5-13(11(2)8-10)15-7-6-14-12(3)9-15/h4-5,8,12,14H,6-7,9H2,1-3H3/t12-/m0/s1. The van der Waals surface area contributed by atoms with Crippen LogP contribution in [0.15, 0.2) is 18.2 Å². The van der Waals surface area contributed by atoms with E-state index in [-0.39, 0.29) is 0 Å². The number of hydrogen-bond acceptors (Lipinski definition) is 2. The minimum atomic E-state index is 0.597. The first kappa shape index (κ1) is 10.5. The first-order valence-corrected chi connectivity index (χ1v) is 5.72. The lowest BCUT2D eigenvalue weighted by Gasteiger charge is -2.34. The Morgan fingerprint density at radius 3 is 2.80 bits per heavy atom. The van der Waals surface area contributed by atoms with Gasteiger partial charge in [0.15, 0.2) is 0 Å². The summed E-state index contributed by atoms with van der Waals surface area (Å²) in [6.07, 6.45) is 0. The van der Waals surface area contributed by atoms with Crippen LogP contribution in [0.1, 0.15) is 18.1 Å². The predicted molar refractivity (Wildman–Crippen MR) is 65.6 cm³/mol. The molecule has 1 heterocycles. The monoisotopic (exact) mass is 204 g/mol.